The van der Waals surface area contributed by atoms with Gasteiger partial charge in [-0.1, -0.05) is 44.2 Å². The maximum absolute atomic E-state index is 12.8. The molecule has 8 heteroatoms. The van der Waals surface area contributed by atoms with Crippen LogP contribution in [0.5, 0.6) is 0 Å². The van der Waals surface area contributed by atoms with Crippen LogP contribution >= 0.6 is 0 Å². The molecule has 0 spiro atoms. The molecule has 29 heavy (non-hydrogen) atoms. The molecule has 2 heterocycles. The van der Waals surface area contributed by atoms with E-state index < -0.39 is 16.1 Å². The van der Waals surface area contributed by atoms with Crippen LogP contribution in [0.4, 0.5) is 0 Å². The minimum atomic E-state index is -3.27. The van der Waals surface area contributed by atoms with Crippen LogP contribution in [0.3, 0.4) is 0 Å². The molecular weight excluding hydrogens is 390 g/mol. The number of imide groups is 1. The average Bonchev–Trinajstić information content (AvgIpc) is 2.96. The van der Waals surface area contributed by atoms with Gasteiger partial charge in [0, 0.05) is 19.1 Å². The fourth-order valence-electron chi connectivity index (χ4n) is 3.92. The van der Waals surface area contributed by atoms with E-state index in [4.69, 9.17) is 0 Å². The number of hydrogen-bond acceptors (Lipinski definition) is 5. The highest BCUT2D eigenvalue weighted by molar-refractivity contribution is 7.89. The summed E-state index contributed by atoms with van der Waals surface area (Å²) in [6.07, 6.45) is 2.15. The molecule has 1 atom stereocenters. The summed E-state index contributed by atoms with van der Waals surface area (Å²) >= 11 is 0. The second-order valence-electron chi connectivity index (χ2n) is 8.45. The summed E-state index contributed by atoms with van der Waals surface area (Å²) in [6, 6.07) is 8.98. The third kappa shape index (κ3) is 5.87. The van der Waals surface area contributed by atoms with Crippen molar-refractivity contribution < 1.29 is 18.0 Å². The number of carbonyl (C=O) groups excluding carboxylic acids is 2. The molecule has 0 radical (unpaired) electrons. The van der Waals surface area contributed by atoms with E-state index in [1.54, 1.807) is 0 Å². The zero-order valence-electron chi connectivity index (χ0n) is 17.2. The summed E-state index contributed by atoms with van der Waals surface area (Å²) in [5.74, 6) is 0.211. The number of benzene rings is 1. The lowest BCUT2D eigenvalue weighted by molar-refractivity contribution is -0.140. The van der Waals surface area contributed by atoms with Crippen LogP contribution in [0.2, 0.25) is 0 Å². The van der Waals surface area contributed by atoms with E-state index >= 15 is 0 Å². The molecule has 0 unspecified atom stereocenters. The molecule has 0 saturated carbocycles. The first-order valence-corrected chi connectivity index (χ1v) is 12.0. The molecule has 1 aromatic rings. The molecule has 1 aromatic carbocycles. The van der Waals surface area contributed by atoms with E-state index in [0.717, 1.165) is 5.56 Å². The van der Waals surface area contributed by atoms with Crippen LogP contribution in [0.1, 0.15) is 45.1 Å². The van der Waals surface area contributed by atoms with Crippen molar-refractivity contribution in [2.75, 3.05) is 18.8 Å². The molecule has 2 aliphatic heterocycles. The standard InChI is InChI=1S/C21H31N3O4S/c1-16(2)10-13-29(27,28)22-18-8-11-23(12-9-18)19-14-20(25)24(21(19)26)15-17-6-4-3-5-7-17/h3-7,16,18-19,22H,8-15H2,1-2H3/t19-/m1/s1. The number of nitrogens with zero attached hydrogens (tertiary/aromatic N) is 2. The molecule has 0 aliphatic carbocycles. The van der Waals surface area contributed by atoms with Gasteiger partial charge in [-0.15, -0.1) is 0 Å². The second-order valence-corrected chi connectivity index (χ2v) is 10.3. The molecule has 160 valence electrons. The van der Waals surface area contributed by atoms with E-state index in [1.807, 2.05) is 49.1 Å². The number of likely N-dealkylation sites (tertiary alicyclic amines) is 2. The zero-order valence-corrected chi connectivity index (χ0v) is 18.0. The molecule has 2 aliphatic rings. The van der Waals surface area contributed by atoms with Crippen LogP contribution in [-0.2, 0) is 26.2 Å². The summed E-state index contributed by atoms with van der Waals surface area (Å²) in [4.78, 5) is 28.6. The van der Waals surface area contributed by atoms with Crippen LogP contribution in [-0.4, -0.2) is 61.0 Å². The van der Waals surface area contributed by atoms with Gasteiger partial charge in [-0.2, -0.15) is 0 Å². The van der Waals surface area contributed by atoms with E-state index in [0.29, 0.717) is 44.8 Å². The monoisotopic (exact) mass is 421 g/mol. The first kappa shape index (κ1) is 21.9. The number of nitrogens with one attached hydrogen (secondary N) is 1. The zero-order chi connectivity index (χ0) is 21.0. The minimum absolute atomic E-state index is 0.101. The minimum Gasteiger partial charge on any atom is -0.291 e. The predicted molar refractivity (Wildman–Crippen MR) is 111 cm³/mol. The third-order valence-corrected chi connectivity index (χ3v) is 7.15. The number of piperidine rings is 1. The summed E-state index contributed by atoms with van der Waals surface area (Å²) in [5.41, 5.74) is 0.935. The fourth-order valence-corrected chi connectivity index (χ4v) is 5.56. The topological polar surface area (TPSA) is 86.8 Å². The van der Waals surface area contributed by atoms with Gasteiger partial charge in [0.15, 0.2) is 0 Å². The Kier molecular flexibility index (Phi) is 7.08. The van der Waals surface area contributed by atoms with Crippen LogP contribution in [0, 0.1) is 5.92 Å². The Morgan fingerprint density at radius 2 is 1.76 bits per heavy atom. The first-order chi connectivity index (χ1) is 13.7. The molecule has 0 aromatic heterocycles. The Morgan fingerprint density at radius 1 is 1.10 bits per heavy atom. The Morgan fingerprint density at radius 3 is 2.38 bits per heavy atom. The average molecular weight is 422 g/mol. The molecule has 0 bridgehead atoms. The quantitative estimate of drug-likeness (QED) is 0.646. The van der Waals surface area contributed by atoms with E-state index in [-0.39, 0.29) is 30.0 Å². The Balaban J connectivity index is 1.52. The molecule has 3 rings (SSSR count). The van der Waals surface area contributed by atoms with Gasteiger partial charge in [-0.25, -0.2) is 13.1 Å². The number of carbonyl (C=O) groups is 2. The Hall–Kier alpha value is -1.77. The summed E-state index contributed by atoms with van der Waals surface area (Å²) in [5, 5.41) is 0. The molecule has 2 amide bonds. The highest BCUT2D eigenvalue weighted by atomic mass is 32.2. The number of amides is 2. The first-order valence-electron chi connectivity index (χ1n) is 10.4. The highest BCUT2D eigenvalue weighted by Gasteiger charge is 2.42. The summed E-state index contributed by atoms with van der Waals surface area (Å²) < 4.78 is 27.3. The van der Waals surface area contributed by atoms with Crippen LogP contribution in [0.25, 0.3) is 0 Å². The maximum Gasteiger partial charge on any atom is 0.247 e. The second kappa shape index (κ2) is 9.36. The van der Waals surface area contributed by atoms with Crippen molar-refractivity contribution in [3.05, 3.63) is 35.9 Å². The maximum atomic E-state index is 12.8. The Labute approximate surface area is 173 Å². The van der Waals surface area contributed by atoms with Crippen molar-refractivity contribution in [1.82, 2.24) is 14.5 Å². The lowest BCUT2D eigenvalue weighted by Crippen LogP contribution is -2.50. The SMILES string of the molecule is CC(C)CCS(=O)(=O)NC1CCN([C@@H]2CC(=O)N(Cc3ccccc3)C2=O)CC1. The summed E-state index contributed by atoms with van der Waals surface area (Å²) in [7, 11) is -3.27. The van der Waals surface area contributed by atoms with Gasteiger partial charge in [-0.05, 0) is 30.7 Å². The summed E-state index contributed by atoms with van der Waals surface area (Å²) in [6.45, 7) is 5.55. The van der Waals surface area contributed by atoms with E-state index in [2.05, 4.69) is 4.72 Å². The molecule has 1 N–H and O–H groups in total. The van der Waals surface area contributed by atoms with Crippen molar-refractivity contribution in [2.24, 2.45) is 5.92 Å². The molecule has 2 saturated heterocycles. The molecular formula is C21H31N3O4S. The predicted octanol–water partition coefficient (Wildman–Crippen LogP) is 1.74. The lowest BCUT2D eigenvalue weighted by atomic mass is 10.0. The highest BCUT2D eigenvalue weighted by Crippen LogP contribution is 2.24. The van der Waals surface area contributed by atoms with Crippen LogP contribution < -0.4 is 4.72 Å². The molecule has 2 fully saturated rings. The van der Waals surface area contributed by atoms with Crippen molar-refractivity contribution in [3.63, 3.8) is 0 Å². The normalized spacial score (nSPS) is 22.0. The van der Waals surface area contributed by atoms with Gasteiger partial charge in [-0.3, -0.25) is 19.4 Å². The van der Waals surface area contributed by atoms with Gasteiger partial charge >= 0.3 is 0 Å². The largest absolute Gasteiger partial charge is 0.291 e. The molecule has 7 nitrogen and oxygen atoms in total. The van der Waals surface area contributed by atoms with E-state index in [1.165, 1.54) is 4.90 Å². The number of rotatable bonds is 8. The lowest BCUT2D eigenvalue weighted by Gasteiger charge is -2.35. The van der Waals surface area contributed by atoms with Gasteiger partial charge in [0.25, 0.3) is 0 Å². The van der Waals surface area contributed by atoms with Crippen molar-refractivity contribution >= 4 is 21.8 Å². The smallest absolute Gasteiger partial charge is 0.247 e. The fraction of sp³-hybridized carbons (Fsp3) is 0.619. The van der Waals surface area contributed by atoms with Gasteiger partial charge in [0.2, 0.25) is 21.8 Å². The van der Waals surface area contributed by atoms with E-state index in [9.17, 15) is 18.0 Å². The van der Waals surface area contributed by atoms with Crippen molar-refractivity contribution in [3.8, 4) is 0 Å². The van der Waals surface area contributed by atoms with Gasteiger partial charge < -0.3 is 0 Å². The van der Waals surface area contributed by atoms with Crippen LogP contribution in [0.15, 0.2) is 30.3 Å². The van der Waals surface area contributed by atoms with Gasteiger partial charge in [0.05, 0.1) is 24.8 Å². The number of sulfonamides is 1. The van der Waals surface area contributed by atoms with Crippen molar-refractivity contribution in [2.45, 2.75) is 58.2 Å². The van der Waals surface area contributed by atoms with Gasteiger partial charge in [0.1, 0.15) is 0 Å². The van der Waals surface area contributed by atoms with Crippen molar-refractivity contribution in [1.29, 1.82) is 0 Å². The Bertz CT molecular complexity index is 818. The number of hydrogen-bond donors (Lipinski definition) is 1. The third-order valence-electron chi connectivity index (χ3n) is 5.68.